The van der Waals surface area contributed by atoms with Crippen molar-refractivity contribution < 1.29 is 5.11 Å². The fourth-order valence-electron chi connectivity index (χ4n) is 1.18. The van der Waals surface area contributed by atoms with Gasteiger partial charge in [-0.2, -0.15) is 0 Å². The molecule has 0 saturated carbocycles. The average Bonchev–Trinajstić information content (AvgIpc) is 2.54. The quantitative estimate of drug-likeness (QED) is 0.785. The Kier molecular flexibility index (Phi) is 2.90. The SMILES string of the molecule is Nc1nc2ccc(SCCO)cc2s1. The van der Waals surface area contributed by atoms with Crippen molar-refractivity contribution in [3.8, 4) is 0 Å². The van der Waals surface area contributed by atoms with Gasteiger partial charge < -0.3 is 10.8 Å². The molecule has 2 rings (SSSR count). The summed E-state index contributed by atoms with van der Waals surface area (Å²) in [4.78, 5) is 5.32. The van der Waals surface area contributed by atoms with E-state index in [0.717, 1.165) is 20.9 Å². The number of nitrogens with two attached hydrogens (primary N) is 1. The summed E-state index contributed by atoms with van der Waals surface area (Å²) in [6.45, 7) is 0.202. The fourth-order valence-corrected chi connectivity index (χ4v) is 2.72. The van der Waals surface area contributed by atoms with Gasteiger partial charge >= 0.3 is 0 Å². The molecule has 1 aromatic carbocycles. The number of nitrogens with zero attached hydrogens (tertiary/aromatic N) is 1. The molecule has 14 heavy (non-hydrogen) atoms. The Morgan fingerprint density at radius 3 is 3.14 bits per heavy atom. The molecule has 0 bridgehead atoms. The van der Waals surface area contributed by atoms with E-state index in [1.807, 2.05) is 12.1 Å². The van der Waals surface area contributed by atoms with Crippen LogP contribution in [0.2, 0.25) is 0 Å². The summed E-state index contributed by atoms with van der Waals surface area (Å²) < 4.78 is 1.10. The third kappa shape index (κ3) is 2.00. The molecular weight excluding hydrogens is 216 g/mol. The molecule has 0 amide bonds. The molecule has 74 valence electrons. The van der Waals surface area contributed by atoms with Crippen LogP contribution in [-0.2, 0) is 0 Å². The van der Waals surface area contributed by atoms with Crippen LogP contribution in [0.4, 0.5) is 5.13 Å². The van der Waals surface area contributed by atoms with E-state index in [-0.39, 0.29) is 6.61 Å². The van der Waals surface area contributed by atoms with Crippen LogP contribution in [-0.4, -0.2) is 22.5 Å². The van der Waals surface area contributed by atoms with E-state index in [4.69, 9.17) is 10.8 Å². The van der Waals surface area contributed by atoms with Crippen molar-refractivity contribution in [1.29, 1.82) is 0 Å². The van der Waals surface area contributed by atoms with Gasteiger partial charge in [-0.05, 0) is 18.2 Å². The maximum atomic E-state index is 8.69. The van der Waals surface area contributed by atoms with E-state index in [1.54, 1.807) is 11.8 Å². The van der Waals surface area contributed by atoms with Crippen LogP contribution in [0.3, 0.4) is 0 Å². The first kappa shape index (κ1) is 9.76. The summed E-state index contributed by atoms with van der Waals surface area (Å²) in [7, 11) is 0. The van der Waals surface area contributed by atoms with Crippen LogP contribution in [0, 0.1) is 0 Å². The van der Waals surface area contributed by atoms with Crippen molar-refractivity contribution in [2.45, 2.75) is 4.90 Å². The van der Waals surface area contributed by atoms with E-state index in [1.165, 1.54) is 11.3 Å². The van der Waals surface area contributed by atoms with E-state index in [9.17, 15) is 0 Å². The molecule has 1 heterocycles. The molecule has 0 aliphatic rings. The van der Waals surface area contributed by atoms with Gasteiger partial charge in [-0.1, -0.05) is 11.3 Å². The summed E-state index contributed by atoms with van der Waals surface area (Å²) in [6, 6.07) is 6.02. The zero-order valence-corrected chi connectivity index (χ0v) is 9.07. The molecule has 0 aliphatic carbocycles. The number of hydrogen-bond donors (Lipinski definition) is 2. The highest BCUT2D eigenvalue weighted by molar-refractivity contribution is 7.99. The molecule has 0 aliphatic heterocycles. The van der Waals surface area contributed by atoms with Crippen LogP contribution in [0.15, 0.2) is 23.1 Å². The Morgan fingerprint density at radius 2 is 2.36 bits per heavy atom. The molecule has 2 aromatic rings. The molecule has 0 spiro atoms. The fraction of sp³-hybridized carbons (Fsp3) is 0.222. The zero-order valence-electron chi connectivity index (χ0n) is 7.43. The lowest BCUT2D eigenvalue weighted by molar-refractivity contribution is 0.322. The maximum Gasteiger partial charge on any atom is 0.181 e. The largest absolute Gasteiger partial charge is 0.396 e. The molecule has 3 nitrogen and oxygen atoms in total. The number of hydrogen-bond acceptors (Lipinski definition) is 5. The number of thiazole rings is 1. The lowest BCUT2D eigenvalue weighted by Crippen LogP contribution is -1.84. The van der Waals surface area contributed by atoms with Crippen molar-refractivity contribution in [3.05, 3.63) is 18.2 Å². The van der Waals surface area contributed by atoms with Crippen LogP contribution in [0.25, 0.3) is 10.2 Å². The van der Waals surface area contributed by atoms with Crippen LogP contribution < -0.4 is 5.73 Å². The molecule has 0 fully saturated rings. The van der Waals surface area contributed by atoms with Gasteiger partial charge in [0.05, 0.1) is 16.8 Å². The lowest BCUT2D eigenvalue weighted by Gasteiger charge is -1.97. The molecule has 0 saturated heterocycles. The first-order valence-electron chi connectivity index (χ1n) is 4.19. The Bertz CT molecular complexity index is 441. The highest BCUT2D eigenvalue weighted by Crippen LogP contribution is 2.28. The molecule has 5 heteroatoms. The maximum absolute atomic E-state index is 8.69. The first-order valence-corrected chi connectivity index (χ1v) is 5.99. The Balaban J connectivity index is 2.31. The van der Waals surface area contributed by atoms with Gasteiger partial charge in [-0.3, -0.25) is 0 Å². The van der Waals surface area contributed by atoms with Crippen molar-refractivity contribution >= 4 is 38.4 Å². The van der Waals surface area contributed by atoms with Crippen molar-refractivity contribution in [2.24, 2.45) is 0 Å². The van der Waals surface area contributed by atoms with Gasteiger partial charge in [0, 0.05) is 10.6 Å². The predicted molar refractivity (Wildman–Crippen MR) is 61.8 cm³/mol. The summed E-state index contributed by atoms with van der Waals surface area (Å²) in [5.74, 6) is 0.722. The van der Waals surface area contributed by atoms with Crippen molar-refractivity contribution in [3.63, 3.8) is 0 Å². The van der Waals surface area contributed by atoms with E-state index >= 15 is 0 Å². The monoisotopic (exact) mass is 226 g/mol. The van der Waals surface area contributed by atoms with E-state index in [2.05, 4.69) is 11.1 Å². The normalized spacial score (nSPS) is 10.9. The smallest absolute Gasteiger partial charge is 0.181 e. The number of anilines is 1. The van der Waals surface area contributed by atoms with Crippen LogP contribution >= 0.6 is 23.1 Å². The zero-order chi connectivity index (χ0) is 9.97. The number of nitrogen functional groups attached to an aromatic ring is 1. The topological polar surface area (TPSA) is 59.1 Å². The van der Waals surface area contributed by atoms with Gasteiger partial charge in [0.25, 0.3) is 0 Å². The summed E-state index contributed by atoms with van der Waals surface area (Å²) in [5.41, 5.74) is 6.55. The molecular formula is C9H10N2OS2. The van der Waals surface area contributed by atoms with Crippen molar-refractivity contribution in [1.82, 2.24) is 4.98 Å². The van der Waals surface area contributed by atoms with E-state index < -0.39 is 0 Å². The summed E-state index contributed by atoms with van der Waals surface area (Å²) in [6.07, 6.45) is 0. The highest BCUT2D eigenvalue weighted by Gasteiger charge is 2.01. The van der Waals surface area contributed by atoms with Gasteiger partial charge in [-0.15, -0.1) is 11.8 Å². The molecule has 0 radical (unpaired) electrons. The Hall–Kier alpha value is -0.780. The molecule has 0 unspecified atom stereocenters. The Morgan fingerprint density at radius 1 is 1.50 bits per heavy atom. The third-order valence-electron chi connectivity index (χ3n) is 1.74. The van der Waals surface area contributed by atoms with Gasteiger partial charge in [-0.25, -0.2) is 4.98 Å². The highest BCUT2D eigenvalue weighted by atomic mass is 32.2. The number of rotatable bonds is 3. The first-order chi connectivity index (χ1) is 6.79. The summed E-state index contributed by atoms with van der Waals surface area (Å²) in [5, 5.41) is 9.30. The number of thioether (sulfide) groups is 1. The second-order valence-corrected chi connectivity index (χ2v) is 4.98. The minimum Gasteiger partial charge on any atom is -0.396 e. The number of fused-ring (bicyclic) bond motifs is 1. The number of benzene rings is 1. The van der Waals surface area contributed by atoms with E-state index in [0.29, 0.717) is 5.13 Å². The molecule has 1 aromatic heterocycles. The number of aromatic nitrogens is 1. The Labute approximate surface area is 90.0 Å². The van der Waals surface area contributed by atoms with Gasteiger partial charge in [0.15, 0.2) is 5.13 Å². The van der Waals surface area contributed by atoms with Crippen molar-refractivity contribution in [2.75, 3.05) is 18.1 Å². The number of aliphatic hydroxyl groups is 1. The second kappa shape index (κ2) is 4.16. The van der Waals surface area contributed by atoms with Gasteiger partial charge in [0.1, 0.15) is 0 Å². The second-order valence-electron chi connectivity index (χ2n) is 2.75. The number of aliphatic hydroxyl groups excluding tert-OH is 1. The summed E-state index contributed by atoms with van der Waals surface area (Å²) >= 11 is 3.12. The predicted octanol–water partition coefficient (Wildman–Crippen LogP) is 1.96. The third-order valence-corrected chi connectivity index (χ3v) is 3.56. The molecule has 0 atom stereocenters. The minimum atomic E-state index is 0.202. The lowest BCUT2D eigenvalue weighted by atomic mass is 10.3. The average molecular weight is 226 g/mol. The van der Waals surface area contributed by atoms with Gasteiger partial charge in [0.2, 0.25) is 0 Å². The van der Waals surface area contributed by atoms with Crippen LogP contribution in [0.1, 0.15) is 0 Å². The minimum absolute atomic E-state index is 0.202. The standard InChI is InChI=1S/C9H10N2OS2/c10-9-11-7-2-1-6(13-4-3-12)5-8(7)14-9/h1-2,5,12H,3-4H2,(H2,10,11). The van der Waals surface area contributed by atoms with Crippen LogP contribution in [0.5, 0.6) is 0 Å². The molecule has 3 N–H and O–H groups in total.